The third-order valence-electron chi connectivity index (χ3n) is 3.93. The first kappa shape index (κ1) is 16.5. The number of hydrogen-bond donors (Lipinski definition) is 1. The Labute approximate surface area is 127 Å². The number of ether oxygens (including phenoxy) is 1. The Morgan fingerprint density at radius 1 is 1.24 bits per heavy atom. The van der Waals surface area contributed by atoms with Crippen LogP contribution in [0.25, 0.3) is 0 Å². The fourth-order valence-electron chi connectivity index (χ4n) is 2.62. The van der Waals surface area contributed by atoms with Crippen LogP contribution >= 0.6 is 0 Å². The van der Waals surface area contributed by atoms with E-state index in [1.54, 1.807) is 0 Å². The van der Waals surface area contributed by atoms with E-state index in [2.05, 4.69) is 13.8 Å². The molecule has 1 saturated heterocycles. The van der Waals surface area contributed by atoms with Gasteiger partial charge in [-0.2, -0.15) is 0 Å². The molecular formula is C16H25NO3S. The summed E-state index contributed by atoms with van der Waals surface area (Å²) < 4.78 is 29.8. The molecular weight excluding hydrogens is 286 g/mol. The molecule has 1 aliphatic heterocycles. The van der Waals surface area contributed by atoms with Crippen LogP contribution in [0.5, 0.6) is 0 Å². The molecule has 118 valence electrons. The van der Waals surface area contributed by atoms with E-state index in [1.165, 1.54) is 5.56 Å². The van der Waals surface area contributed by atoms with E-state index in [0.717, 1.165) is 18.4 Å². The number of nitrogens with two attached hydrogens (primary N) is 1. The molecule has 2 atom stereocenters. The highest BCUT2D eigenvalue weighted by Gasteiger charge is 2.25. The summed E-state index contributed by atoms with van der Waals surface area (Å²) in [4.78, 5) is 0. The Balaban J connectivity index is 1.97. The van der Waals surface area contributed by atoms with Gasteiger partial charge in [-0.25, -0.2) is 8.42 Å². The maximum atomic E-state index is 12.2. The highest BCUT2D eigenvalue weighted by Crippen LogP contribution is 2.20. The van der Waals surface area contributed by atoms with Crippen LogP contribution in [0.1, 0.15) is 49.8 Å². The molecule has 0 aliphatic carbocycles. The summed E-state index contributed by atoms with van der Waals surface area (Å²) in [6, 6.07) is 7.43. The predicted molar refractivity (Wildman–Crippen MR) is 85.1 cm³/mol. The van der Waals surface area contributed by atoms with E-state index in [-0.39, 0.29) is 17.6 Å². The van der Waals surface area contributed by atoms with E-state index in [1.807, 2.05) is 24.3 Å². The van der Waals surface area contributed by atoms with Crippen molar-refractivity contribution in [2.24, 2.45) is 5.73 Å². The molecule has 2 rings (SSSR count). The molecule has 21 heavy (non-hydrogen) atoms. The molecule has 1 aromatic rings. The number of benzene rings is 1. The largest absolute Gasteiger partial charge is 0.377 e. The van der Waals surface area contributed by atoms with Crippen molar-refractivity contribution >= 4 is 9.84 Å². The molecule has 1 aliphatic rings. The summed E-state index contributed by atoms with van der Waals surface area (Å²) in [7, 11) is -3.19. The lowest BCUT2D eigenvalue weighted by atomic mass is 10.00. The van der Waals surface area contributed by atoms with Gasteiger partial charge in [-0.05, 0) is 29.9 Å². The van der Waals surface area contributed by atoms with Gasteiger partial charge in [0.15, 0.2) is 9.84 Å². The second kappa shape index (κ2) is 6.90. The van der Waals surface area contributed by atoms with Gasteiger partial charge in [0, 0.05) is 12.6 Å². The summed E-state index contributed by atoms with van der Waals surface area (Å²) in [5.74, 6) is 0.525. The first-order valence-corrected chi connectivity index (χ1v) is 9.37. The van der Waals surface area contributed by atoms with Crippen molar-refractivity contribution < 1.29 is 13.2 Å². The summed E-state index contributed by atoms with van der Waals surface area (Å²) in [5.41, 5.74) is 8.16. The van der Waals surface area contributed by atoms with Crippen molar-refractivity contribution in [1.29, 1.82) is 0 Å². The van der Waals surface area contributed by atoms with Gasteiger partial charge in [-0.15, -0.1) is 0 Å². The van der Waals surface area contributed by atoms with E-state index in [0.29, 0.717) is 12.5 Å². The standard InChI is InChI=1S/C16H25NO3S/c1-12(2)13-5-7-14(8-6-13)16(17)11-21(18,19)10-15-4-3-9-20-15/h5-8,12,15-16H,3-4,9-11,17H2,1-2H3. The Kier molecular flexibility index (Phi) is 5.41. The zero-order chi connectivity index (χ0) is 15.5. The van der Waals surface area contributed by atoms with Gasteiger partial charge in [-0.1, -0.05) is 38.1 Å². The van der Waals surface area contributed by atoms with Crippen LogP contribution < -0.4 is 5.73 Å². The molecule has 0 radical (unpaired) electrons. The SMILES string of the molecule is CC(C)c1ccc(C(N)CS(=O)(=O)CC2CCCO2)cc1. The second-order valence-electron chi connectivity index (χ2n) is 6.14. The molecule has 5 heteroatoms. The smallest absolute Gasteiger partial charge is 0.154 e. The summed E-state index contributed by atoms with van der Waals surface area (Å²) in [6.45, 7) is 4.92. The van der Waals surface area contributed by atoms with Crippen LogP contribution in [0.4, 0.5) is 0 Å². The van der Waals surface area contributed by atoms with Gasteiger partial charge in [-0.3, -0.25) is 0 Å². The van der Waals surface area contributed by atoms with Crippen molar-refractivity contribution in [3.05, 3.63) is 35.4 Å². The molecule has 0 aromatic heterocycles. The second-order valence-corrected chi connectivity index (χ2v) is 8.29. The summed E-state index contributed by atoms with van der Waals surface area (Å²) >= 11 is 0. The van der Waals surface area contributed by atoms with E-state index in [9.17, 15) is 8.42 Å². The fourth-order valence-corrected chi connectivity index (χ4v) is 4.33. The van der Waals surface area contributed by atoms with Gasteiger partial charge in [0.2, 0.25) is 0 Å². The molecule has 0 bridgehead atoms. The van der Waals surface area contributed by atoms with Crippen LogP contribution in [-0.4, -0.2) is 32.6 Å². The molecule has 0 amide bonds. The number of rotatable bonds is 6. The molecule has 1 fully saturated rings. The van der Waals surface area contributed by atoms with Crippen LogP contribution in [-0.2, 0) is 14.6 Å². The lowest BCUT2D eigenvalue weighted by Crippen LogP contribution is -2.28. The minimum Gasteiger partial charge on any atom is -0.377 e. The normalized spacial score (nSPS) is 20.9. The highest BCUT2D eigenvalue weighted by molar-refractivity contribution is 7.91. The lowest BCUT2D eigenvalue weighted by Gasteiger charge is -2.16. The first-order chi connectivity index (χ1) is 9.87. The van der Waals surface area contributed by atoms with Gasteiger partial charge < -0.3 is 10.5 Å². The van der Waals surface area contributed by atoms with Crippen LogP contribution in [0, 0.1) is 0 Å². The average Bonchev–Trinajstić information content (AvgIpc) is 2.90. The molecule has 2 unspecified atom stereocenters. The minimum absolute atomic E-state index is 0.0200. The molecule has 1 heterocycles. The maximum absolute atomic E-state index is 12.2. The predicted octanol–water partition coefficient (Wildman–Crippen LogP) is 2.40. The van der Waals surface area contributed by atoms with Gasteiger partial charge in [0.05, 0.1) is 17.6 Å². The van der Waals surface area contributed by atoms with Crippen LogP contribution in [0.2, 0.25) is 0 Å². The van der Waals surface area contributed by atoms with Crippen LogP contribution in [0.3, 0.4) is 0 Å². The third kappa shape index (κ3) is 4.80. The van der Waals surface area contributed by atoms with Crippen molar-refractivity contribution in [1.82, 2.24) is 0 Å². The Morgan fingerprint density at radius 3 is 2.38 bits per heavy atom. The molecule has 0 saturated carbocycles. The summed E-state index contributed by atoms with van der Waals surface area (Å²) in [5, 5.41) is 0. The number of hydrogen-bond acceptors (Lipinski definition) is 4. The highest BCUT2D eigenvalue weighted by atomic mass is 32.2. The van der Waals surface area contributed by atoms with Crippen LogP contribution in [0.15, 0.2) is 24.3 Å². The Hall–Kier alpha value is -0.910. The maximum Gasteiger partial charge on any atom is 0.154 e. The van der Waals surface area contributed by atoms with E-state index < -0.39 is 15.9 Å². The minimum atomic E-state index is -3.19. The van der Waals surface area contributed by atoms with Crippen molar-refractivity contribution in [3.63, 3.8) is 0 Å². The number of sulfone groups is 1. The van der Waals surface area contributed by atoms with Gasteiger partial charge in [0.1, 0.15) is 0 Å². The summed E-state index contributed by atoms with van der Waals surface area (Å²) in [6.07, 6.45) is 1.63. The van der Waals surface area contributed by atoms with Crippen molar-refractivity contribution in [3.8, 4) is 0 Å². The molecule has 0 spiro atoms. The molecule has 2 N–H and O–H groups in total. The zero-order valence-corrected chi connectivity index (χ0v) is 13.6. The van der Waals surface area contributed by atoms with E-state index in [4.69, 9.17) is 10.5 Å². The van der Waals surface area contributed by atoms with Gasteiger partial charge in [0.25, 0.3) is 0 Å². The van der Waals surface area contributed by atoms with Gasteiger partial charge >= 0.3 is 0 Å². The molecule has 1 aromatic carbocycles. The average molecular weight is 311 g/mol. The van der Waals surface area contributed by atoms with Crippen molar-refractivity contribution in [2.75, 3.05) is 18.1 Å². The lowest BCUT2D eigenvalue weighted by molar-refractivity contribution is 0.127. The zero-order valence-electron chi connectivity index (χ0n) is 12.8. The third-order valence-corrected chi connectivity index (χ3v) is 5.68. The van der Waals surface area contributed by atoms with E-state index >= 15 is 0 Å². The fraction of sp³-hybridized carbons (Fsp3) is 0.625. The van der Waals surface area contributed by atoms with Crippen molar-refractivity contribution in [2.45, 2.75) is 44.8 Å². The quantitative estimate of drug-likeness (QED) is 0.876. The first-order valence-electron chi connectivity index (χ1n) is 7.55. The Bertz CT molecular complexity index is 545. The monoisotopic (exact) mass is 311 g/mol. The molecule has 4 nitrogen and oxygen atoms in total. The topological polar surface area (TPSA) is 69.4 Å². The Morgan fingerprint density at radius 2 is 1.86 bits per heavy atom.